The van der Waals surface area contributed by atoms with E-state index in [2.05, 4.69) is 46.7 Å². The Labute approximate surface area is 76.9 Å². The van der Waals surface area contributed by atoms with Gasteiger partial charge in [-0.2, -0.15) is 0 Å². The molecule has 12 heavy (non-hydrogen) atoms. The van der Waals surface area contributed by atoms with Crippen LogP contribution in [-0.4, -0.2) is 38.3 Å². The van der Waals surface area contributed by atoms with Crippen LogP contribution in [0.25, 0.3) is 0 Å². The van der Waals surface area contributed by atoms with E-state index < -0.39 is 0 Å². The molecular weight excluding hydrogens is 150 g/mol. The van der Waals surface area contributed by atoms with Crippen LogP contribution in [0.4, 0.5) is 0 Å². The lowest BCUT2D eigenvalue weighted by atomic mass is 9.90. The molecule has 0 aromatic carbocycles. The first kappa shape index (κ1) is 11.9. The Kier molecular flexibility index (Phi) is 4.80. The zero-order valence-corrected chi connectivity index (χ0v) is 9.35. The lowest BCUT2D eigenvalue weighted by Gasteiger charge is -2.27. The Morgan fingerprint density at radius 2 is 1.75 bits per heavy atom. The largest absolute Gasteiger partial charge is 0.377 e. The molecule has 0 aliphatic rings. The number of hydrogen-bond donors (Lipinski definition) is 0. The van der Waals surface area contributed by atoms with Crippen molar-refractivity contribution in [2.24, 2.45) is 5.41 Å². The summed E-state index contributed by atoms with van der Waals surface area (Å²) >= 11 is 0. The molecule has 0 aromatic rings. The highest BCUT2D eigenvalue weighted by Crippen LogP contribution is 2.21. The van der Waals surface area contributed by atoms with Crippen molar-refractivity contribution in [1.82, 2.24) is 4.90 Å². The Hall–Kier alpha value is -0.0800. The quantitative estimate of drug-likeness (QED) is 0.644. The maximum absolute atomic E-state index is 5.68. The molecule has 0 spiro atoms. The van der Waals surface area contributed by atoms with E-state index in [4.69, 9.17) is 4.74 Å². The van der Waals surface area contributed by atoms with Gasteiger partial charge in [0.1, 0.15) is 0 Å². The first-order chi connectivity index (χ1) is 5.34. The van der Waals surface area contributed by atoms with Gasteiger partial charge in [-0.25, -0.2) is 0 Å². The van der Waals surface area contributed by atoms with Crippen LogP contribution in [0, 0.1) is 5.41 Å². The second kappa shape index (κ2) is 4.83. The number of nitrogens with zero attached hydrogens (tertiary/aromatic N) is 1. The van der Waals surface area contributed by atoms with Crippen molar-refractivity contribution in [2.45, 2.75) is 33.8 Å². The molecule has 0 radical (unpaired) electrons. The molecule has 0 saturated heterocycles. The Morgan fingerprint density at radius 1 is 1.25 bits per heavy atom. The maximum Gasteiger partial charge on any atom is 0.0597 e. The van der Waals surface area contributed by atoms with E-state index >= 15 is 0 Å². The summed E-state index contributed by atoms with van der Waals surface area (Å²) in [4.78, 5) is 2.13. The minimum absolute atomic E-state index is 0.256. The molecule has 0 amide bonds. The highest BCUT2D eigenvalue weighted by atomic mass is 16.5. The predicted octanol–water partition coefficient (Wildman–Crippen LogP) is 2.00. The van der Waals surface area contributed by atoms with Crippen molar-refractivity contribution in [2.75, 3.05) is 27.2 Å². The van der Waals surface area contributed by atoms with Crippen molar-refractivity contribution in [3.63, 3.8) is 0 Å². The molecule has 0 aromatic heterocycles. The van der Waals surface area contributed by atoms with Crippen LogP contribution in [0.1, 0.15) is 27.7 Å². The first-order valence-electron chi connectivity index (χ1n) is 4.60. The monoisotopic (exact) mass is 173 g/mol. The molecule has 0 heterocycles. The minimum Gasteiger partial charge on any atom is -0.377 e. The van der Waals surface area contributed by atoms with Crippen LogP contribution in [0.2, 0.25) is 0 Å². The SMILES string of the molecule is C[C@H](OCCN(C)C)C(C)(C)C. The minimum atomic E-state index is 0.256. The molecule has 0 rings (SSSR count). The van der Waals surface area contributed by atoms with E-state index in [-0.39, 0.29) is 5.41 Å². The zero-order valence-electron chi connectivity index (χ0n) is 9.35. The van der Waals surface area contributed by atoms with Crippen LogP contribution in [0.3, 0.4) is 0 Å². The van der Waals surface area contributed by atoms with Gasteiger partial charge in [-0.05, 0) is 26.4 Å². The van der Waals surface area contributed by atoms with Crippen LogP contribution >= 0.6 is 0 Å². The van der Waals surface area contributed by atoms with E-state index in [0.29, 0.717) is 6.10 Å². The zero-order chi connectivity index (χ0) is 9.78. The van der Waals surface area contributed by atoms with Gasteiger partial charge in [0.05, 0.1) is 12.7 Å². The molecule has 0 aliphatic heterocycles. The summed E-state index contributed by atoms with van der Waals surface area (Å²) in [6.07, 6.45) is 0.331. The summed E-state index contributed by atoms with van der Waals surface area (Å²) < 4.78 is 5.68. The molecular formula is C10H23NO. The summed E-state index contributed by atoms with van der Waals surface area (Å²) in [6, 6.07) is 0. The molecule has 74 valence electrons. The van der Waals surface area contributed by atoms with Gasteiger partial charge in [-0.3, -0.25) is 0 Å². The molecule has 1 atom stereocenters. The molecule has 0 N–H and O–H groups in total. The van der Waals surface area contributed by atoms with Gasteiger partial charge in [-0.15, -0.1) is 0 Å². The summed E-state index contributed by atoms with van der Waals surface area (Å²) in [5.41, 5.74) is 0.256. The van der Waals surface area contributed by atoms with Gasteiger partial charge < -0.3 is 9.64 Å². The van der Waals surface area contributed by atoms with Crippen molar-refractivity contribution in [3.8, 4) is 0 Å². The molecule has 0 bridgehead atoms. The molecule has 0 saturated carbocycles. The van der Waals surface area contributed by atoms with Crippen LogP contribution in [0.15, 0.2) is 0 Å². The Morgan fingerprint density at radius 3 is 2.08 bits per heavy atom. The van der Waals surface area contributed by atoms with E-state index in [0.717, 1.165) is 13.2 Å². The average Bonchev–Trinajstić information content (AvgIpc) is 1.84. The number of ether oxygens (including phenoxy) is 1. The fraction of sp³-hybridized carbons (Fsp3) is 1.00. The average molecular weight is 173 g/mol. The third-order valence-electron chi connectivity index (χ3n) is 2.13. The number of hydrogen-bond acceptors (Lipinski definition) is 2. The first-order valence-corrected chi connectivity index (χ1v) is 4.60. The van der Waals surface area contributed by atoms with Crippen molar-refractivity contribution in [1.29, 1.82) is 0 Å². The number of likely N-dealkylation sites (N-methyl/N-ethyl adjacent to an activating group) is 1. The third-order valence-corrected chi connectivity index (χ3v) is 2.13. The third kappa shape index (κ3) is 5.56. The smallest absolute Gasteiger partial charge is 0.0597 e. The molecule has 0 aliphatic carbocycles. The summed E-state index contributed by atoms with van der Waals surface area (Å²) in [5.74, 6) is 0. The van der Waals surface area contributed by atoms with Crippen molar-refractivity contribution >= 4 is 0 Å². The highest BCUT2D eigenvalue weighted by Gasteiger charge is 2.19. The summed E-state index contributed by atoms with van der Waals surface area (Å²) in [5, 5.41) is 0. The van der Waals surface area contributed by atoms with Crippen LogP contribution in [0.5, 0.6) is 0 Å². The van der Waals surface area contributed by atoms with E-state index in [9.17, 15) is 0 Å². The summed E-state index contributed by atoms with van der Waals surface area (Å²) in [6.45, 7) is 10.6. The van der Waals surface area contributed by atoms with Crippen LogP contribution < -0.4 is 0 Å². The van der Waals surface area contributed by atoms with Crippen LogP contribution in [-0.2, 0) is 4.74 Å². The highest BCUT2D eigenvalue weighted by molar-refractivity contribution is 4.69. The normalized spacial score (nSPS) is 15.2. The fourth-order valence-corrected chi connectivity index (χ4v) is 0.662. The van der Waals surface area contributed by atoms with Gasteiger partial charge in [0, 0.05) is 6.54 Å². The van der Waals surface area contributed by atoms with Gasteiger partial charge in [-0.1, -0.05) is 20.8 Å². The van der Waals surface area contributed by atoms with Gasteiger partial charge in [0.25, 0.3) is 0 Å². The van der Waals surface area contributed by atoms with E-state index in [1.165, 1.54) is 0 Å². The van der Waals surface area contributed by atoms with Crippen molar-refractivity contribution < 1.29 is 4.74 Å². The molecule has 2 heteroatoms. The lowest BCUT2D eigenvalue weighted by Crippen LogP contribution is -2.29. The van der Waals surface area contributed by atoms with Crippen molar-refractivity contribution in [3.05, 3.63) is 0 Å². The standard InChI is InChI=1S/C10H23NO/c1-9(10(2,3)4)12-8-7-11(5)6/h9H,7-8H2,1-6H3/t9-/m0/s1. The second-order valence-electron chi connectivity index (χ2n) is 4.68. The van der Waals surface area contributed by atoms with Gasteiger partial charge >= 0.3 is 0 Å². The maximum atomic E-state index is 5.68. The lowest BCUT2D eigenvalue weighted by molar-refractivity contribution is -0.00988. The van der Waals surface area contributed by atoms with Gasteiger partial charge in [0.15, 0.2) is 0 Å². The number of rotatable bonds is 4. The molecule has 0 fully saturated rings. The summed E-state index contributed by atoms with van der Waals surface area (Å²) in [7, 11) is 4.12. The fourth-order valence-electron chi connectivity index (χ4n) is 0.662. The molecule has 0 unspecified atom stereocenters. The molecule has 2 nitrogen and oxygen atoms in total. The topological polar surface area (TPSA) is 12.5 Å². The van der Waals surface area contributed by atoms with E-state index in [1.807, 2.05) is 0 Å². The Bertz CT molecular complexity index is 115. The predicted molar refractivity (Wildman–Crippen MR) is 53.4 cm³/mol. The van der Waals surface area contributed by atoms with Gasteiger partial charge in [0.2, 0.25) is 0 Å². The van der Waals surface area contributed by atoms with E-state index in [1.54, 1.807) is 0 Å². The Balaban J connectivity index is 3.51. The second-order valence-corrected chi connectivity index (χ2v) is 4.68.